The van der Waals surface area contributed by atoms with Crippen molar-refractivity contribution in [3.63, 3.8) is 0 Å². The third-order valence-corrected chi connectivity index (χ3v) is 5.01. The summed E-state index contributed by atoms with van der Waals surface area (Å²) in [5.74, 6) is 0.0298. The Labute approximate surface area is 178 Å². The van der Waals surface area contributed by atoms with Crippen LogP contribution in [0.2, 0.25) is 0 Å². The topological polar surface area (TPSA) is 43.4 Å². The first-order valence-electron chi connectivity index (χ1n) is 10.3. The maximum Gasteiger partial charge on any atom is 0.343 e. The largest absolute Gasteiger partial charge is 0.423 e. The van der Waals surface area contributed by atoms with Crippen molar-refractivity contribution in [3.8, 4) is 16.9 Å². The van der Waals surface area contributed by atoms with E-state index in [1.54, 1.807) is 24.3 Å². The minimum Gasteiger partial charge on any atom is -0.423 e. The number of unbranched alkanes of at least 4 members (excludes halogenated alkanes) is 2. The van der Waals surface area contributed by atoms with Gasteiger partial charge in [0.2, 0.25) is 0 Å². The molecule has 0 radical (unpaired) electrons. The van der Waals surface area contributed by atoms with Gasteiger partial charge in [0.15, 0.2) is 5.78 Å². The van der Waals surface area contributed by atoms with E-state index >= 15 is 0 Å². The molecular formula is C27H26O3. The van der Waals surface area contributed by atoms with E-state index < -0.39 is 0 Å². The van der Waals surface area contributed by atoms with Crippen molar-refractivity contribution in [2.24, 2.45) is 0 Å². The summed E-state index contributed by atoms with van der Waals surface area (Å²) in [5.41, 5.74) is 4.35. The SMILES string of the molecule is C=CC(=O)c1ccc(-c2ccc(OC(=O)c3ccc(CCCCC)cc3)cc2)cc1. The highest BCUT2D eigenvalue weighted by molar-refractivity contribution is 6.04. The Morgan fingerprint density at radius 3 is 1.93 bits per heavy atom. The Morgan fingerprint density at radius 1 is 0.800 bits per heavy atom. The molecule has 152 valence electrons. The molecule has 0 fully saturated rings. The van der Waals surface area contributed by atoms with Crippen LogP contribution in [0, 0.1) is 0 Å². The average molecular weight is 399 g/mol. The van der Waals surface area contributed by atoms with Crippen molar-refractivity contribution < 1.29 is 14.3 Å². The molecule has 0 saturated carbocycles. The molecule has 0 aliphatic heterocycles. The first-order valence-corrected chi connectivity index (χ1v) is 10.3. The highest BCUT2D eigenvalue weighted by Crippen LogP contribution is 2.23. The van der Waals surface area contributed by atoms with Gasteiger partial charge in [0.05, 0.1) is 5.56 Å². The second-order valence-electron chi connectivity index (χ2n) is 7.21. The molecular weight excluding hydrogens is 372 g/mol. The number of rotatable bonds is 9. The average Bonchev–Trinajstić information content (AvgIpc) is 2.80. The Kier molecular flexibility index (Phi) is 7.34. The van der Waals surface area contributed by atoms with Gasteiger partial charge in [0, 0.05) is 5.56 Å². The maximum atomic E-state index is 12.4. The van der Waals surface area contributed by atoms with Crippen LogP contribution in [-0.2, 0) is 6.42 Å². The van der Waals surface area contributed by atoms with Crippen molar-refractivity contribution in [1.29, 1.82) is 0 Å². The first kappa shape index (κ1) is 21.3. The van der Waals surface area contributed by atoms with E-state index in [4.69, 9.17) is 4.74 Å². The molecule has 3 rings (SSSR count). The van der Waals surface area contributed by atoms with Crippen molar-refractivity contribution in [3.05, 3.63) is 102 Å². The van der Waals surface area contributed by atoms with Crippen molar-refractivity contribution in [1.82, 2.24) is 0 Å². The van der Waals surface area contributed by atoms with Gasteiger partial charge in [-0.05, 0) is 59.9 Å². The van der Waals surface area contributed by atoms with Gasteiger partial charge in [-0.25, -0.2) is 4.79 Å². The third kappa shape index (κ3) is 5.54. The van der Waals surface area contributed by atoms with Gasteiger partial charge < -0.3 is 4.74 Å². The van der Waals surface area contributed by atoms with Crippen LogP contribution in [0.15, 0.2) is 85.5 Å². The van der Waals surface area contributed by atoms with Gasteiger partial charge in [-0.1, -0.05) is 74.9 Å². The lowest BCUT2D eigenvalue weighted by Gasteiger charge is -2.07. The Balaban J connectivity index is 1.61. The summed E-state index contributed by atoms with van der Waals surface area (Å²) in [6.07, 6.45) is 5.92. The fourth-order valence-corrected chi connectivity index (χ4v) is 3.21. The van der Waals surface area contributed by atoms with Crippen LogP contribution in [0.4, 0.5) is 0 Å². The van der Waals surface area contributed by atoms with E-state index in [0.29, 0.717) is 16.9 Å². The molecule has 0 aliphatic carbocycles. The molecule has 0 heterocycles. The molecule has 30 heavy (non-hydrogen) atoms. The number of ether oxygens (including phenoxy) is 1. The van der Waals surface area contributed by atoms with Crippen LogP contribution in [0.5, 0.6) is 5.75 Å². The predicted octanol–water partition coefficient (Wildman–Crippen LogP) is 6.67. The predicted molar refractivity (Wildman–Crippen MR) is 121 cm³/mol. The zero-order valence-corrected chi connectivity index (χ0v) is 17.3. The van der Waals surface area contributed by atoms with E-state index in [2.05, 4.69) is 13.5 Å². The van der Waals surface area contributed by atoms with Crippen LogP contribution in [0.25, 0.3) is 11.1 Å². The van der Waals surface area contributed by atoms with Crippen LogP contribution in [0.3, 0.4) is 0 Å². The van der Waals surface area contributed by atoms with Gasteiger partial charge in [-0.3, -0.25) is 4.79 Å². The van der Waals surface area contributed by atoms with Gasteiger partial charge in [-0.2, -0.15) is 0 Å². The van der Waals surface area contributed by atoms with E-state index in [-0.39, 0.29) is 11.8 Å². The van der Waals surface area contributed by atoms with E-state index in [1.807, 2.05) is 48.5 Å². The normalized spacial score (nSPS) is 10.4. The second kappa shape index (κ2) is 10.4. The summed E-state index contributed by atoms with van der Waals surface area (Å²) in [5, 5.41) is 0. The Morgan fingerprint density at radius 2 is 1.37 bits per heavy atom. The first-order chi connectivity index (χ1) is 14.6. The molecule has 0 aromatic heterocycles. The smallest absolute Gasteiger partial charge is 0.343 e. The minimum atomic E-state index is -0.366. The minimum absolute atomic E-state index is 0.0993. The number of aryl methyl sites for hydroxylation is 1. The van der Waals surface area contributed by atoms with Gasteiger partial charge in [-0.15, -0.1) is 0 Å². The number of hydrogen-bond donors (Lipinski definition) is 0. The van der Waals surface area contributed by atoms with Gasteiger partial charge in [0.25, 0.3) is 0 Å². The summed E-state index contributed by atoms with van der Waals surface area (Å²) >= 11 is 0. The van der Waals surface area contributed by atoms with Crippen molar-refractivity contribution in [2.45, 2.75) is 32.6 Å². The van der Waals surface area contributed by atoms with Crippen molar-refractivity contribution in [2.75, 3.05) is 0 Å². The molecule has 0 N–H and O–H groups in total. The van der Waals surface area contributed by atoms with Crippen LogP contribution in [0.1, 0.15) is 52.5 Å². The molecule has 3 aromatic carbocycles. The zero-order valence-electron chi connectivity index (χ0n) is 17.3. The number of allylic oxidation sites excluding steroid dienone is 1. The number of carbonyl (C=O) groups excluding carboxylic acids is 2. The van der Waals surface area contributed by atoms with Crippen LogP contribution in [-0.4, -0.2) is 11.8 Å². The number of esters is 1. The number of ketones is 1. The van der Waals surface area contributed by atoms with E-state index in [9.17, 15) is 9.59 Å². The third-order valence-electron chi connectivity index (χ3n) is 5.01. The lowest BCUT2D eigenvalue weighted by atomic mass is 10.0. The standard InChI is InChI=1S/C27H26O3/c1-3-5-6-7-20-8-10-24(11-9-20)27(29)30-25-18-16-22(17-19-25)21-12-14-23(15-13-21)26(28)4-2/h4,8-19H,2-3,5-7H2,1H3. The lowest BCUT2D eigenvalue weighted by molar-refractivity contribution is 0.0734. The summed E-state index contributed by atoms with van der Waals surface area (Å²) < 4.78 is 5.50. The number of benzene rings is 3. The fraction of sp³-hybridized carbons (Fsp3) is 0.185. The summed E-state index contributed by atoms with van der Waals surface area (Å²) in [6.45, 7) is 5.69. The second-order valence-corrected chi connectivity index (χ2v) is 7.21. The molecule has 0 unspecified atom stereocenters. The molecule has 3 aromatic rings. The van der Waals surface area contributed by atoms with Gasteiger partial charge >= 0.3 is 5.97 Å². The van der Waals surface area contributed by atoms with E-state index in [1.165, 1.54) is 30.9 Å². The quantitative estimate of drug-likeness (QED) is 0.133. The maximum absolute atomic E-state index is 12.4. The van der Waals surface area contributed by atoms with Gasteiger partial charge in [0.1, 0.15) is 5.75 Å². The summed E-state index contributed by atoms with van der Waals surface area (Å²) in [4.78, 5) is 24.0. The zero-order chi connectivity index (χ0) is 21.3. The number of hydrogen-bond acceptors (Lipinski definition) is 3. The molecule has 3 nitrogen and oxygen atoms in total. The molecule has 0 bridgehead atoms. The monoisotopic (exact) mass is 398 g/mol. The lowest BCUT2D eigenvalue weighted by Crippen LogP contribution is -2.08. The fourth-order valence-electron chi connectivity index (χ4n) is 3.21. The van der Waals surface area contributed by atoms with Crippen LogP contribution < -0.4 is 4.74 Å². The molecule has 0 spiro atoms. The van der Waals surface area contributed by atoms with Crippen molar-refractivity contribution >= 4 is 11.8 Å². The highest BCUT2D eigenvalue weighted by Gasteiger charge is 2.09. The Bertz CT molecular complexity index is 997. The summed E-state index contributed by atoms with van der Waals surface area (Å²) in [7, 11) is 0. The van der Waals surface area contributed by atoms with E-state index in [0.717, 1.165) is 17.5 Å². The molecule has 0 amide bonds. The molecule has 0 atom stereocenters. The molecule has 0 aliphatic rings. The highest BCUT2D eigenvalue weighted by atomic mass is 16.5. The molecule has 3 heteroatoms. The number of carbonyl (C=O) groups is 2. The summed E-state index contributed by atoms with van der Waals surface area (Å²) in [6, 6.07) is 22.3. The van der Waals surface area contributed by atoms with Crippen LogP contribution >= 0.6 is 0 Å². The molecule has 0 saturated heterocycles. The Hall–Kier alpha value is -3.46.